The van der Waals surface area contributed by atoms with E-state index in [-0.39, 0.29) is 5.92 Å². The van der Waals surface area contributed by atoms with Gasteiger partial charge in [0.25, 0.3) is 0 Å². The van der Waals surface area contributed by atoms with Crippen molar-refractivity contribution in [2.45, 2.75) is 90.5 Å². The van der Waals surface area contributed by atoms with Crippen LogP contribution in [0.2, 0.25) is 16.6 Å². The highest BCUT2D eigenvalue weighted by Crippen LogP contribution is 2.43. The summed E-state index contributed by atoms with van der Waals surface area (Å²) in [6.45, 7) is 20.4. The van der Waals surface area contributed by atoms with Gasteiger partial charge >= 0.3 is 0 Å². The molecule has 0 amide bonds. The van der Waals surface area contributed by atoms with Crippen LogP contribution in [0.25, 0.3) is 0 Å². The van der Waals surface area contributed by atoms with Gasteiger partial charge < -0.3 is 13.9 Å². The molecular weight excluding hydrogens is 340 g/mol. The van der Waals surface area contributed by atoms with Crippen molar-refractivity contribution in [3.05, 3.63) is 36.3 Å². The van der Waals surface area contributed by atoms with Crippen LogP contribution in [-0.2, 0) is 4.43 Å². The molecule has 2 atom stereocenters. The summed E-state index contributed by atoms with van der Waals surface area (Å²) in [5, 5.41) is 10.9. The molecule has 0 aliphatic heterocycles. The summed E-state index contributed by atoms with van der Waals surface area (Å²) in [5.74, 6) is 0.684. The van der Waals surface area contributed by atoms with Crippen molar-refractivity contribution in [3.63, 3.8) is 0 Å². The molecule has 0 fully saturated rings. The van der Waals surface area contributed by atoms with Gasteiger partial charge in [-0.05, 0) is 54.9 Å². The molecule has 0 aromatic carbocycles. The van der Waals surface area contributed by atoms with Crippen LogP contribution in [-0.4, -0.2) is 20.0 Å². The number of hydrogen-bond donors (Lipinski definition) is 1. The van der Waals surface area contributed by atoms with Gasteiger partial charge in [-0.1, -0.05) is 47.1 Å². The Morgan fingerprint density at radius 2 is 1.73 bits per heavy atom. The first-order chi connectivity index (χ1) is 12.1. The Hall–Kier alpha value is -0.843. The highest BCUT2D eigenvalue weighted by molar-refractivity contribution is 6.77. The van der Waals surface area contributed by atoms with Gasteiger partial charge in [0.15, 0.2) is 8.32 Å². The summed E-state index contributed by atoms with van der Waals surface area (Å²) in [5.41, 5.74) is 2.81. The fraction of sp³-hybridized carbons (Fsp3) is 0.727. The molecule has 4 heteroatoms. The molecule has 3 nitrogen and oxygen atoms in total. The van der Waals surface area contributed by atoms with Crippen molar-refractivity contribution < 1.29 is 13.9 Å². The second-order valence-corrected chi connectivity index (χ2v) is 14.2. The zero-order valence-corrected chi connectivity index (χ0v) is 18.9. The van der Waals surface area contributed by atoms with E-state index in [9.17, 15) is 5.11 Å². The van der Waals surface area contributed by atoms with Crippen molar-refractivity contribution in [3.8, 4) is 0 Å². The molecule has 0 bridgehead atoms. The first-order valence-corrected chi connectivity index (χ1v) is 12.3. The van der Waals surface area contributed by atoms with E-state index in [1.54, 1.807) is 6.26 Å². The summed E-state index contributed by atoms with van der Waals surface area (Å²) >= 11 is 0. The van der Waals surface area contributed by atoms with Crippen molar-refractivity contribution in [2.24, 2.45) is 5.92 Å². The predicted molar refractivity (Wildman–Crippen MR) is 113 cm³/mol. The molecule has 0 spiro atoms. The van der Waals surface area contributed by atoms with Crippen LogP contribution in [0.4, 0.5) is 0 Å². The second-order valence-electron chi connectivity index (χ2n) is 8.70. The lowest BCUT2D eigenvalue weighted by Gasteiger charge is -2.43. The molecule has 1 N–H and O–H groups in total. The van der Waals surface area contributed by atoms with E-state index in [1.807, 2.05) is 12.1 Å². The number of hydrogen-bond acceptors (Lipinski definition) is 3. The summed E-state index contributed by atoms with van der Waals surface area (Å²) in [6, 6.07) is 3.69. The maximum absolute atomic E-state index is 10.9. The second kappa shape index (κ2) is 10.5. The predicted octanol–water partition coefficient (Wildman–Crippen LogP) is 6.87. The van der Waals surface area contributed by atoms with E-state index in [1.165, 1.54) is 5.57 Å². The van der Waals surface area contributed by atoms with Crippen LogP contribution in [0.3, 0.4) is 0 Å². The van der Waals surface area contributed by atoms with Gasteiger partial charge in [-0.25, -0.2) is 0 Å². The molecular formula is C22H40O3Si. The molecule has 150 valence electrons. The van der Waals surface area contributed by atoms with E-state index in [0.717, 1.165) is 19.3 Å². The number of aliphatic hydroxyl groups excluding tert-OH is 1. The van der Waals surface area contributed by atoms with Gasteiger partial charge in [0.05, 0.1) is 6.26 Å². The highest BCUT2D eigenvalue weighted by atomic mass is 28.4. The molecule has 1 aromatic heterocycles. The monoisotopic (exact) mass is 380 g/mol. The fourth-order valence-corrected chi connectivity index (χ4v) is 9.94. The van der Waals surface area contributed by atoms with Gasteiger partial charge in [-0.2, -0.15) is 0 Å². The fourth-order valence-electron chi connectivity index (χ4n) is 4.44. The van der Waals surface area contributed by atoms with Crippen LogP contribution in [0.5, 0.6) is 0 Å². The van der Waals surface area contributed by atoms with Crippen molar-refractivity contribution in [1.29, 1.82) is 0 Å². The van der Waals surface area contributed by atoms with Gasteiger partial charge in [0, 0.05) is 12.5 Å². The van der Waals surface area contributed by atoms with E-state index < -0.39 is 14.4 Å². The lowest BCUT2D eigenvalue weighted by molar-refractivity contribution is 0.0467. The minimum Gasteiger partial charge on any atom is -0.467 e. The average molecular weight is 381 g/mol. The molecule has 1 heterocycles. The third-order valence-electron chi connectivity index (χ3n) is 5.71. The molecule has 0 aliphatic carbocycles. The number of furan rings is 1. The zero-order valence-electron chi connectivity index (χ0n) is 17.9. The van der Waals surface area contributed by atoms with Gasteiger partial charge in [-0.15, -0.1) is 6.58 Å². The summed E-state index contributed by atoms with van der Waals surface area (Å²) in [4.78, 5) is 0. The number of rotatable bonds is 12. The Bertz CT molecular complexity index is 498. The quantitative estimate of drug-likeness (QED) is 0.318. The molecule has 0 aliphatic rings. The maximum atomic E-state index is 10.9. The van der Waals surface area contributed by atoms with Crippen LogP contribution in [0.15, 0.2) is 35.0 Å². The topological polar surface area (TPSA) is 42.6 Å². The highest BCUT2D eigenvalue weighted by Gasteiger charge is 2.45. The third kappa shape index (κ3) is 5.83. The Morgan fingerprint density at radius 1 is 1.15 bits per heavy atom. The van der Waals surface area contributed by atoms with E-state index in [2.05, 4.69) is 55.0 Å². The first kappa shape index (κ1) is 23.2. The first-order valence-electron chi connectivity index (χ1n) is 10.1. The number of aliphatic hydroxyl groups is 1. The van der Waals surface area contributed by atoms with Gasteiger partial charge in [0.1, 0.15) is 11.9 Å². The van der Waals surface area contributed by atoms with Gasteiger partial charge in [0.2, 0.25) is 0 Å². The molecule has 26 heavy (non-hydrogen) atoms. The van der Waals surface area contributed by atoms with Crippen LogP contribution >= 0.6 is 0 Å². The molecule has 1 rings (SSSR count). The minimum absolute atomic E-state index is 0.0450. The summed E-state index contributed by atoms with van der Waals surface area (Å²) in [7, 11) is -1.94. The minimum atomic E-state index is -1.94. The molecule has 0 saturated heterocycles. The standard InChI is InChI=1S/C22H40O3Si/c1-16(2)11-9-12-20(22(23)21-13-10-14-24-21)15-25-26(17(3)4,18(5)6)19(7)8/h10,13-14,17-20,22-23H,1,9,11-12,15H2,2-8H3/t20-,22?/m1/s1. The van der Waals surface area contributed by atoms with Crippen molar-refractivity contribution in [1.82, 2.24) is 0 Å². The SMILES string of the molecule is C=C(C)CCC[C@H](CO[Si](C(C)C)(C(C)C)C(C)C)C(O)c1ccco1. The van der Waals surface area contributed by atoms with Crippen LogP contribution < -0.4 is 0 Å². The third-order valence-corrected chi connectivity index (χ3v) is 11.8. The van der Waals surface area contributed by atoms with Crippen molar-refractivity contribution in [2.75, 3.05) is 6.61 Å². The van der Waals surface area contributed by atoms with Crippen LogP contribution in [0, 0.1) is 5.92 Å². The van der Waals surface area contributed by atoms with Crippen LogP contribution in [0.1, 0.15) is 79.6 Å². The Kier molecular flexibility index (Phi) is 9.35. The maximum Gasteiger partial charge on any atom is 0.200 e. The Balaban J connectivity index is 2.93. The molecule has 0 radical (unpaired) electrons. The lowest BCUT2D eigenvalue weighted by atomic mass is 9.94. The van der Waals surface area contributed by atoms with E-state index in [0.29, 0.717) is 29.0 Å². The smallest absolute Gasteiger partial charge is 0.200 e. The van der Waals surface area contributed by atoms with E-state index in [4.69, 9.17) is 8.84 Å². The summed E-state index contributed by atoms with van der Waals surface area (Å²) in [6.07, 6.45) is 3.92. The lowest BCUT2D eigenvalue weighted by Crippen LogP contribution is -2.48. The molecule has 1 aromatic rings. The zero-order chi connectivity index (χ0) is 19.9. The van der Waals surface area contributed by atoms with Gasteiger partial charge in [-0.3, -0.25) is 0 Å². The average Bonchev–Trinajstić information content (AvgIpc) is 3.06. The molecule has 1 unspecified atom stereocenters. The Morgan fingerprint density at radius 3 is 2.15 bits per heavy atom. The van der Waals surface area contributed by atoms with E-state index >= 15 is 0 Å². The molecule has 0 saturated carbocycles. The largest absolute Gasteiger partial charge is 0.467 e. The van der Waals surface area contributed by atoms with Crippen molar-refractivity contribution >= 4 is 8.32 Å². The Labute approximate surface area is 162 Å². The number of allylic oxidation sites excluding steroid dienone is 1. The normalized spacial score (nSPS) is 15.0. The summed E-state index contributed by atoms with van der Waals surface area (Å²) < 4.78 is 12.2.